The number of piperidine rings is 1. The van der Waals surface area contributed by atoms with Crippen LogP contribution < -0.4 is 0 Å². The van der Waals surface area contributed by atoms with Crippen molar-refractivity contribution in [3.05, 3.63) is 29.7 Å². The lowest BCUT2D eigenvalue weighted by molar-refractivity contribution is 0.0199. The smallest absolute Gasteiger partial charge is 0.410 e. The molecule has 1 aromatic heterocycles. The minimum absolute atomic E-state index is 0.224. The van der Waals surface area contributed by atoms with E-state index in [1.165, 1.54) is 18.4 Å². The number of hydrogen-bond donors (Lipinski definition) is 0. The van der Waals surface area contributed by atoms with E-state index in [1.807, 2.05) is 20.8 Å². The molecule has 1 saturated heterocycles. The second kappa shape index (κ2) is 6.04. The standard InChI is InChI=1S/C20H26N2O3/c1-20(2,3)25-19(23)22-10-8-14(9-11-22)18-21-16-12-15(13-4-5-13)6-7-17(16)24-18/h6-7,12-14H,4-5,8-11H2,1-3H3. The van der Waals surface area contributed by atoms with Crippen molar-refractivity contribution in [1.82, 2.24) is 9.88 Å². The predicted molar refractivity (Wildman–Crippen MR) is 95.8 cm³/mol. The first-order valence-corrected chi connectivity index (χ1v) is 9.27. The van der Waals surface area contributed by atoms with E-state index in [0.29, 0.717) is 13.1 Å². The first kappa shape index (κ1) is 16.4. The van der Waals surface area contributed by atoms with E-state index < -0.39 is 5.60 Å². The Morgan fingerprint density at radius 3 is 2.52 bits per heavy atom. The van der Waals surface area contributed by atoms with Gasteiger partial charge in [0.2, 0.25) is 0 Å². The highest BCUT2D eigenvalue weighted by Gasteiger charge is 2.30. The monoisotopic (exact) mass is 342 g/mol. The van der Waals surface area contributed by atoms with Crippen LogP contribution in [-0.4, -0.2) is 34.7 Å². The van der Waals surface area contributed by atoms with Crippen molar-refractivity contribution in [2.45, 2.75) is 63.9 Å². The van der Waals surface area contributed by atoms with Crippen LogP contribution >= 0.6 is 0 Å². The maximum atomic E-state index is 12.2. The third-order valence-electron chi connectivity index (χ3n) is 4.97. The molecule has 1 aromatic carbocycles. The van der Waals surface area contributed by atoms with Gasteiger partial charge in [0, 0.05) is 19.0 Å². The van der Waals surface area contributed by atoms with E-state index >= 15 is 0 Å². The summed E-state index contributed by atoms with van der Waals surface area (Å²) in [5, 5.41) is 0. The molecular formula is C20H26N2O3. The van der Waals surface area contributed by atoms with Gasteiger partial charge < -0.3 is 14.1 Å². The highest BCUT2D eigenvalue weighted by molar-refractivity contribution is 5.74. The zero-order chi connectivity index (χ0) is 17.6. The van der Waals surface area contributed by atoms with Gasteiger partial charge in [-0.3, -0.25) is 0 Å². The normalized spacial score (nSPS) is 19.4. The number of benzene rings is 1. The van der Waals surface area contributed by atoms with E-state index in [4.69, 9.17) is 14.1 Å². The first-order chi connectivity index (χ1) is 11.9. The third-order valence-corrected chi connectivity index (χ3v) is 4.97. The van der Waals surface area contributed by atoms with Crippen molar-refractivity contribution in [2.24, 2.45) is 0 Å². The summed E-state index contributed by atoms with van der Waals surface area (Å²) in [7, 11) is 0. The predicted octanol–water partition coefficient (Wildman–Crippen LogP) is 4.82. The number of fused-ring (bicyclic) bond motifs is 1. The molecule has 1 saturated carbocycles. The van der Waals surface area contributed by atoms with Gasteiger partial charge in [0.25, 0.3) is 0 Å². The zero-order valence-electron chi connectivity index (χ0n) is 15.2. The molecule has 2 fully saturated rings. The fourth-order valence-corrected chi connectivity index (χ4v) is 3.44. The second-order valence-corrected chi connectivity index (χ2v) is 8.30. The number of aromatic nitrogens is 1. The number of nitrogens with zero attached hydrogens (tertiary/aromatic N) is 2. The molecule has 0 radical (unpaired) electrons. The largest absolute Gasteiger partial charge is 0.444 e. The molecule has 1 amide bonds. The van der Waals surface area contributed by atoms with Crippen LogP contribution in [0.15, 0.2) is 22.6 Å². The molecule has 2 aromatic rings. The van der Waals surface area contributed by atoms with Gasteiger partial charge in [-0.2, -0.15) is 0 Å². The first-order valence-electron chi connectivity index (χ1n) is 9.27. The summed E-state index contributed by atoms with van der Waals surface area (Å²) in [5.41, 5.74) is 2.77. The molecule has 2 aliphatic rings. The summed E-state index contributed by atoms with van der Waals surface area (Å²) in [4.78, 5) is 18.7. The Hall–Kier alpha value is -2.04. The van der Waals surface area contributed by atoms with Crippen molar-refractivity contribution < 1.29 is 13.9 Å². The van der Waals surface area contributed by atoms with E-state index in [0.717, 1.165) is 35.7 Å². The van der Waals surface area contributed by atoms with Crippen molar-refractivity contribution in [3.63, 3.8) is 0 Å². The van der Waals surface area contributed by atoms with Gasteiger partial charge in [0.15, 0.2) is 11.5 Å². The van der Waals surface area contributed by atoms with Crippen molar-refractivity contribution in [2.75, 3.05) is 13.1 Å². The van der Waals surface area contributed by atoms with Crippen molar-refractivity contribution in [1.29, 1.82) is 0 Å². The molecule has 4 rings (SSSR count). The minimum atomic E-state index is -0.451. The highest BCUT2D eigenvalue weighted by Crippen LogP contribution is 2.41. The van der Waals surface area contributed by atoms with Crippen LogP contribution in [0.5, 0.6) is 0 Å². The molecule has 134 valence electrons. The van der Waals surface area contributed by atoms with Crippen molar-refractivity contribution in [3.8, 4) is 0 Å². The van der Waals surface area contributed by atoms with Crippen LogP contribution in [0.4, 0.5) is 4.79 Å². The lowest BCUT2D eigenvalue weighted by Gasteiger charge is -2.32. The Morgan fingerprint density at radius 2 is 1.88 bits per heavy atom. The van der Waals surface area contributed by atoms with Gasteiger partial charge >= 0.3 is 6.09 Å². The van der Waals surface area contributed by atoms with Crippen LogP contribution in [0.1, 0.15) is 69.7 Å². The van der Waals surface area contributed by atoms with E-state index in [1.54, 1.807) is 4.90 Å². The number of carbonyl (C=O) groups is 1. The fourth-order valence-electron chi connectivity index (χ4n) is 3.44. The average molecular weight is 342 g/mol. The summed E-state index contributed by atoms with van der Waals surface area (Å²) >= 11 is 0. The molecule has 0 atom stereocenters. The number of ether oxygens (including phenoxy) is 1. The Morgan fingerprint density at radius 1 is 1.16 bits per heavy atom. The van der Waals surface area contributed by atoms with Crippen LogP contribution in [0.2, 0.25) is 0 Å². The maximum absolute atomic E-state index is 12.2. The van der Waals surface area contributed by atoms with Gasteiger partial charge in [-0.15, -0.1) is 0 Å². The number of carbonyl (C=O) groups excluding carboxylic acids is 1. The molecule has 0 spiro atoms. The number of amides is 1. The molecule has 25 heavy (non-hydrogen) atoms. The maximum Gasteiger partial charge on any atom is 0.410 e. The summed E-state index contributed by atoms with van der Waals surface area (Å²) in [5.74, 6) is 1.81. The number of hydrogen-bond acceptors (Lipinski definition) is 4. The molecule has 1 aliphatic heterocycles. The van der Waals surface area contributed by atoms with E-state index in [9.17, 15) is 4.79 Å². The minimum Gasteiger partial charge on any atom is -0.444 e. The average Bonchev–Trinajstić information content (AvgIpc) is 3.32. The van der Waals surface area contributed by atoms with E-state index in [2.05, 4.69) is 18.2 Å². The zero-order valence-corrected chi connectivity index (χ0v) is 15.2. The van der Waals surface area contributed by atoms with Gasteiger partial charge in [-0.1, -0.05) is 6.07 Å². The van der Waals surface area contributed by atoms with Crippen LogP contribution in [0.25, 0.3) is 11.1 Å². The Balaban J connectivity index is 1.42. The van der Waals surface area contributed by atoms with Gasteiger partial charge in [-0.25, -0.2) is 9.78 Å². The summed E-state index contributed by atoms with van der Waals surface area (Å²) in [6.45, 7) is 7.06. The fraction of sp³-hybridized carbons (Fsp3) is 0.600. The Bertz CT molecular complexity index is 778. The van der Waals surface area contributed by atoms with Gasteiger partial charge in [0.1, 0.15) is 11.1 Å². The third kappa shape index (κ3) is 3.65. The quantitative estimate of drug-likeness (QED) is 0.785. The van der Waals surface area contributed by atoms with Crippen LogP contribution in [0, 0.1) is 0 Å². The molecule has 0 bridgehead atoms. The molecule has 5 nitrogen and oxygen atoms in total. The Labute approximate surface area is 148 Å². The van der Waals surface area contributed by atoms with Gasteiger partial charge in [-0.05, 0) is 70.1 Å². The second-order valence-electron chi connectivity index (χ2n) is 8.30. The summed E-state index contributed by atoms with van der Waals surface area (Å²) < 4.78 is 11.4. The SMILES string of the molecule is CC(C)(C)OC(=O)N1CCC(c2nc3cc(C4CC4)ccc3o2)CC1. The van der Waals surface area contributed by atoms with E-state index in [-0.39, 0.29) is 12.0 Å². The van der Waals surface area contributed by atoms with Gasteiger partial charge in [0.05, 0.1) is 0 Å². The summed E-state index contributed by atoms with van der Waals surface area (Å²) in [6, 6.07) is 6.39. The van der Waals surface area contributed by atoms with Crippen molar-refractivity contribution >= 4 is 17.2 Å². The van der Waals surface area contributed by atoms with Crippen LogP contribution in [0.3, 0.4) is 0 Å². The molecular weight excluding hydrogens is 316 g/mol. The topological polar surface area (TPSA) is 55.6 Å². The molecule has 2 heterocycles. The lowest BCUT2D eigenvalue weighted by atomic mass is 9.97. The van der Waals surface area contributed by atoms with Crippen LogP contribution in [-0.2, 0) is 4.74 Å². The number of rotatable bonds is 2. The Kier molecular flexibility index (Phi) is 3.97. The lowest BCUT2D eigenvalue weighted by Crippen LogP contribution is -2.41. The number of oxazole rings is 1. The summed E-state index contributed by atoms with van der Waals surface area (Å²) in [6.07, 6.45) is 4.08. The number of likely N-dealkylation sites (tertiary alicyclic amines) is 1. The highest BCUT2D eigenvalue weighted by atomic mass is 16.6. The molecule has 0 unspecified atom stereocenters. The molecule has 1 aliphatic carbocycles. The molecule has 5 heteroatoms. The molecule has 0 N–H and O–H groups in total.